The first kappa shape index (κ1) is 33.1. The van der Waals surface area contributed by atoms with Gasteiger partial charge in [0, 0.05) is 19.3 Å². The number of nitrogens with zero attached hydrogens (tertiary/aromatic N) is 4. The fourth-order valence-corrected chi connectivity index (χ4v) is 4.16. The van der Waals surface area contributed by atoms with E-state index in [1.807, 2.05) is 0 Å². The van der Waals surface area contributed by atoms with Gasteiger partial charge in [-0.3, -0.25) is 33.3 Å². The van der Waals surface area contributed by atoms with Gasteiger partial charge in [-0.15, -0.1) is 0 Å². The summed E-state index contributed by atoms with van der Waals surface area (Å²) in [5, 5.41) is 0. The van der Waals surface area contributed by atoms with E-state index in [4.69, 9.17) is 24.7 Å². The number of ether oxygens (including phenoxy) is 4. The lowest BCUT2D eigenvalue weighted by Gasteiger charge is -2.24. The smallest absolute Gasteiger partial charge is 0.306 e. The molecule has 0 saturated carbocycles. The molecule has 2 aromatic rings. The van der Waals surface area contributed by atoms with Crippen molar-refractivity contribution in [3.05, 3.63) is 12.7 Å². The third-order valence-corrected chi connectivity index (χ3v) is 6.55. The minimum atomic E-state index is -1.33. The Morgan fingerprint density at radius 3 is 1.86 bits per heavy atom. The van der Waals surface area contributed by atoms with Crippen molar-refractivity contribution in [3.8, 4) is 0 Å². The highest BCUT2D eigenvalue weighted by atomic mass is 16.7. The van der Waals surface area contributed by atoms with Gasteiger partial charge in [0.2, 0.25) is 0 Å². The summed E-state index contributed by atoms with van der Waals surface area (Å²) in [5.74, 6) is -2.99. The third kappa shape index (κ3) is 9.05. The maximum absolute atomic E-state index is 12.9. The van der Waals surface area contributed by atoms with Crippen LogP contribution in [0.2, 0.25) is 0 Å². The number of carbonyl (C=O) groups is 6. The maximum Gasteiger partial charge on any atom is 0.306 e. The second-order valence-electron chi connectivity index (χ2n) is 9.61. The van der Waals surface area contributed by atoms with Gasteiger partial charge in [0.1, 0.15) is 44.2 Å². The Hall–Kier alpha value is -4.39. The molecule has 1 fully saturated rings. The fraction of sp³-hybridized carbons (Fsp3) is 0.560. The molecule has 0 aliphatic carbocycles. The summed E-state index contributed by atoms with van der Waals surface area (Å²) in [6.07, 6.45) is -3.61. The van der Waals surface area contributed by atoms with Crippen molar-refractivity contribution >= 4 is 52.2 Å². The first-order chi connectivity index (χ1) is 20.6. The Morgan fingerprint density at radius 1 is 0.767 bits per heavy atom. The normalized spacial score (nSPS) is 19.6. The van der Waals surface area contributed by atoms with Crippen molar-refractivity contribution in [1.29, 1.82) is 0 Å². The molecule has 0 radical (unpaired) electrons. The van der Waals surface area contributed by atoms with E-state index in [0.717, 1.165) is 0 Å². The van der Waals surface area contributed by atoms with Crippen molar-refractivity contribution in [2.24, 2.45) is 0 Å². The molecule has 18 heteroatoms. The van der Waals surface area contributed by atoms with E-state index < -0.39 is 49.1 Å². The predicted molar refractivity (Wildman–Crippen MR) is 140 cm³/mol. The van der Waals surface area contributed by atoms with Gasteiger partial charge in [0.25, 0.3) is 0 Å². The van der Waals surface area contributed by atoms with E-state index in [-0.39, 0.29) is 92.5 Å². The van der Waals surface area contributed by atoms with E-state index in [0.29, 0.717) is 0 Å². The standard InChI is InChI=1S/C25H34N8O10/c26-7-13(34)1-4-17(37)40-10-16-21(42-18(38)5-2-14(35)8-27)22(43-19(39)6-3-15(36)9-28)25(41-16)33-12-32-20-23(29)30-11-31-24(20)33/h11-12,16,21-22,25H,1-10,26-28H2,(H2,29,30,31)/p+3/t16-,21-,22-,25-/m1/s1. The molecular weight excluding hydrogens is 572 g/mol. The van der Waals surface area contributed by atoms with Crippen LogP contribution >= 0.6 is 0 Å². The number of anilines is 1. The average molecular weight is 610 g/mol. The second-order valence-corrected chi connectivity index (χ2v) is 9.61. The highest BCUT2D eigenvalue weighted by Crippen LogP contribution is 2.36. The molecule has 2 aromatic heterocycles. The number of nitrogens with two attached hydrogens (primary N) is 1. The number of hydrogen-bond acceptors (Lipinski definition) is 14. The van der Waals surface area contributed by atoms with Gasteiger partial charge in [-0.2, -0.15) is 0 Å². The van der Waals surface area contributed by atoms with Crippen LogP contribution in [0.1, 0.15) is 44.8 Å². The Labute approximate surface area is 244 Å². The first-order valence-corrected chi connectivity index (χ1v) is 13.6. The summed E-state index contributed by atoms with van der Waals surface area (Å²) in [6, 6.07) is 0. The molecular formula is C25H37N8O10+3. The monoisotopic (exact) mass is 609 g/mol. The molecule has 3 heterocycles. The van der Waals surface area contributed by atoms with E-state index >= 15 is 0 Å². The number of esters is 3. The third-order valence-electron chi connectivity index (χ3n) is 6.55. The molecule has 1 saturated heterocycles. The Balaban J connectivity index is 1.92. The number of imidazole rings is 1. The molecule has 4 atom stereocenters. The lowest BCUT2D eigenvalue weighted by molar-refractivity contribution is -0.354. The van der Waals surface area contributed by atoms with Crippen LogP contribution in [0, 0.1) is 0 Å². The zero-order valence-corrected chi connectivity index (χ0v) is 23.6. The van der Waals surface area contributed by atoms with Crippen LogP contribution in [0.25, 0.3) is 11.2 Å². The number of aromatic nitrogens is 4. The molecule has 0 bridgehead atoms. The highest BCUT2D eigenvalue weighted by molar-refractivity contribution is 5.85. The maximum atomic E-state index is 12.9. The summed E-state index contributed by atoms with van der Waals surface area (Å²) in [6.45, 7) is -0.441. The average Bonchev–Trinajstić information content (AvgIpc) is 3.58. The van der Waals surface area contributed by atoms with Crippen molar-refractivity contribution in [2.45, 2.75) is 63.1 Å². The van der Waals surface area contributed by atoms with Crippen LogP contribution in [0.15, 0.2) is 12.7 Å². The van der Waals surface area contributed by atoms with Gasteiger partial charge < -0.3 is 41.9 Å². The van der Waals surface area contributed by atoms with Crippen LogP contribution in [-0.2, 0) is 47.7 Å². The Bertz CT molecular complexity index is 1350. The molecule has 0 unspecified atom stereocenters. The molecule has 43 heavy (non-hydrogen) atoms. The molecule has 234 valence electrons. The Morgan fingerprint density at radius 2 is 1.30 bits per heavy atom. The van der Waals surface area contributed by atoms with Gasteiger partial charge in [0.15, 0.2) is 47.3 Å². The minimum Gasteiger partial charge on any atom is -0.463 e. The van der Waals surface area contributed by atoms with Crippen LogP contribution in [0.3, 0.4) is 0 Å². The first-order valence-electron chi connectivity index (χ1n) is 13.6. The topological polar surface area (TPSA) is 292 Å². The molecule has 0 amide bonds. The van der Waals surface area contributed by atoms with Crippen LogP contribution < -0.4 is 22.9 Å². The molecule has 3 rings (SSSR count). The van der Waals surface area contributed by atoms with Crippen molar-refractivity contribution < 1.29 is 64.9 Å². The van der Waals surface area contributed by atoms with Crippen molar-refractivity contribution in [3.63, 3.8) is 0 Å². The zero-order valence-electron chi connectivity index (χ0n) is 23.6. The van der Waals surface area contributed by atoms with Gasteiger partial charge in [0.05, 0.1) is 25.6 Å². The summed E-state index contributed by atoms with van der Waals surface area (Å²) < 4.78 is 24.2. The number of quaternary nitrogens is 3. The van der Waals surface area contributed by atoms with Crippen molar-refractivity contribution in [1.82, 2.24) is 19.5 Å². The number of nitrogen functional groups attached to an aromatic ring is 1. The quantitative estimate of drug-likeness (QED) is 0.0970. The van der Waals surface area contributed by atoms with E-state index in [9.17, 15) is 28.8 Å². The zero-order chi connectivity index (χ0) is 31.5. The van der Waals surface area contributed by atoms with Crippen LogP contribution in [-0.4, -0.2) is 99.3 Å². The van der Waals surface area contributed by atoms with Gasteiger partial charge in [-0.25, -0.2) is 15.0 Å². The number of rotatable bonds is 17. The summed E-state index contributed by atoms with van der Waals surface area (Å²) >= 11 is 0. The number of ketones is 3. The number of hydrogen-bond donors (Lipinski definition) is 4. The summed E-state index contributed by atoms with van der Waals surface area (Å²) in [7, 11) is 0. The van der Waals surface area contributed by atoms with Gasteiger partial charge in [-0.1, -0.05) is 0 Å². The van der Waals surface area contributed by atoms with E-state index in [1.54, 1.807) is 0 Å². The molecule has 11 N–H and O–H groups in total. The fourth-order valence-electron chi connectivity index (χ4n) is 4.16. The summed E-state index contributed by atoms with van der Waals surface area (Å²) in [5.41, 5.74) is 16.8. The van der Waals surface area contributed by atoms with Crippen LogP contribution in [0.5, 0.6) is 0 Å². The Kier molecular flexibility index (Phi) is 12.1. The van der Waals surface area contributed by atoms with Gasteiger partial charge in [-0.05, 0) is 0 Å². The lowest BCUT2D eigenvalue weighted by Crippen LogP contribution is -2.54. The number of Topliss-reactive ketones (excluding diaryl/α,β-unsaturated/α-hetero) is 3. The van der Waals surface area contributed by atoms with E-state index in [1.165, 1.54) is 17.2 Å². The number of fused-ring (bicyclic) bond motifs is 1. The largest absolute Gasteiger partial charge is 0.463 e. The second kappa shape index (κ2) is 15.7. The molecule has 0 aromatic carbocycles. The van der Waals surface area contributed by atoms with Gasteiger partial charge >= 0.3 is 17.9 Å². The summed E-state index contributed by atoms with van der Waals surface area (Å²) in [4.78, 5) is 85.3. The minimum absolute atomic E-state index is 0.00928. The van der Waals surface area contributed by atoms with E-state index in [2.05, 4.69) is 32.2 Å². The highest BCUT2D eigenvalue weighted by Gasteiger charge is 2.51. The van der Waals surface area contributed by atoms with Crippen LogP contribution in [0.4, 0.5) is 5.82 Å². The van der Waals surface area contributed by atoms with Crippen molar-refractivity contribution in [2.75, 3.05) is 32.0 Å². The molecule has 1 aliphatic rings. The SMILES string of the molecule is Nc1ncnc2c1ncn2[C@@H]1O[C@H](COC(=O)CCC(=O)C[NH3+])[C@@H](OC(=O)CCC(=O)C[NH3+])[C@H]1OC(=O)CCC(=O)C[NH3+]. The number of carbonyl (C=O) groups excluding carboxylic acids is 6. The lowest BCUT2D eigenvalue weighted by atomic mass is 10.1. The molecule has 1 aliphatic heterocycles. The molecule has 0 spiro atoms. The predicted octanol–water partition coefficient (Wildman–Crippen LogP) is -4.55. The molecule has 18 nitrogen and oxygen atoms in total.